The van der Waals surface area contributed by atoms with E-state index >= 15 is 0 Å². The van der Waals surface area contributed by atoms with Gasteiger partial charge in [-0.1, -0.05) is 74.7 Å². The maximum atomic E-state index is 6.27. The van der Waals surface area contributed by atoms with Crippen LogP contribution in [0.3, 0.4) is 0 Å². The molecule has 0 aliphatic heterocycles. The van der Waals surface area contributed by atoms with Crippen LogP contribution < -0.4 is 14.8 Å². The topological polar surface area (TPSA) is 46.3 Å². The Kier molecular flexibility index (Phi) is 10.3. The Balaban J connectivity index is 1.05. The van der Waals surface area contributed by atoms with Crippen molar-refractivity contribution < 1.29 is 9.47 Å². The molecule has 1 heterocycles. The molecule has 0 fully saturated rings. The lowest BCUT2D eigenvalue weighted by molar-refractivity contribution is 0.193. The number of para-hydroxylation sites is 1. The van der Waals surface area contributed by atoms with E-state index in [0.29, 0.717) is 0 Å². The molecule has 2 N–H and O–H groups in total. The Bertz CT molecular complexity index is 1140. The molecule has 0 aliphatic carbocycles. The minimum Gasteiger partial charge on any atom is -0.494 e. The molecular weight excluding hydrogens is 444 g/mol. The zero-order chi connectivity index (χ0) is 24.8. The summed E-state index contributed by atoms with van der Waals surface area (Å²) in [6, 6.07) is 27.0. The standard InChI is InChI=1S/C32H40N2O2/c1-2-12-32(26-13-6-5-7-14-26)36-29-19-17-28(18-20-29)35-24-11-4-3-10-22-33-23-21-27-25-34-31-16-9-8-15-30(27)31/h5-9,13-20,25,32-34H,2-4,10-12,21-24H2,1H3. The number of benzene rings is 3. The van der Waals surface area contributed by atoms with Gasteiger partial charge in [-0.25, -0.2) is 0 Å². The van der Waals surface area contributed by atoms with Crippen molar-refractivity contribution in [3.63, 3.8) is 0 Å². The molecule has 1 unspecified atom stereocenters. The van der Waals surface area contributed by atoms with Crippen LogP contribution >= 0.6 is 0 Å². The number of nitrogens with one attached hydrogen (secondary N) is 2. The summed E-state index contributed by atoms with van der Waals surface area (Å²) in [5.74, 6) is 1.80. The maximum Gasteiger partial charge on any atom is 0.124 e. The van der Waals surface area contributed by atoms with Crippen molar-refractivity contribution in [2.45, 2.75) is 58.0 Å². The highest BCUT2D eigenvalue weighted by molar-refractivity contribution is 5.83. The van der Waals surface area contributed by atoms with Crippen LogP contribution in [0.4, 0.5) is 0 Å². The third-order valence-electron chi connectivity index (χ3n) is 6.59. The normalized spacial score (nSPS) is 12.0. The molecular formula is C32H40N2O2. The number of ether oxygens (including phenoxy) is 2. The summed E-state index contributed by atoms with van der Waals surface area (Å²) in [7, 11) is 0. The molecule has 0 aliphatic rings. The Morgan fingerprint density at radius 2 is 1.53 bits per heavy atom. The number of H-pyrrole nitrogens is 1. The van der Waals surface area contributed by atoms with Crippen LogP contribution in [0, 0.1) is 0 Å². The van der Waals surface area contributed by atoms with Crippen LogP contribution in [0.15, 0.2) is 85.1 Å². The zero-order valence-electron chi connectivity index (χ0n) is 21.5. The zero-order valence-corrected chi connectivity index (χ0v) is 21.5. The van der Waals surface area contributed by atoms with E-state index in [1.807, 2.05) is 30.3 Å². The van der Waals surface area contributed by atoms with Crippen LogP contribution in [-0.4, -0.2) is 24.7 Å². The molecule has 3 aromatic carbocycles. The molecule has 0 bridgehead atoms. The molecule has 190 valence electrons. The number of unbranched alkanes of at least 4 members (excludes halogenated alkanes) is 3. The highest BCUT2D eigenvalue weighted by atomic mass is 16.5. The van der Waals surface area contributed by atoms with Crippen molar-refractivity contribution in [2.75, 3.05) is 19.7 Å². The molecule has 0 amide bonds. The molecule has 4 aromatic rings. The number of rotatable bonds is 16. The monoisotopic (exact) mass is 484 g/mol. The Hall–Kier alpha value is -3.24. The summed E-state index contributed by atoms with van der Waals surface area (Å²) in [6.07, 6.45) is 10.1. The number of aromatic amines is 1. The van der Waals surface area contributed by atoms with Crippen LogP contribution in [0.2, 0.25) is 0 Å². The fourth-order valence-electron chi connectivity index (χ4n) is 4.58. The van der Waals surface area contributed by atoms with Gasteiger partial charge in [-0.2, -0.15) is 0 Å². The van der Waals surface area contributed by atoms with Crippen molar-refractivity contribution >= 4 is 10.9 Å². The molecule has 36 heavy (non-hydrogen) atoms. The van der Waals surface area contributed by atoms with E-state index in [4.69, 9.17) is 9.47 Å². The van der Waals surface area contributed by atoms with Gasteiger partial charge in [0.15, 0.2) is 0 Å². The summed E-state index contributed by atoms with van der Waals surface area (Å²) in [4.78, 5) is 3.36. The molecule has 4 heteroatoms. The summed E-state index contributed by atoms with van der Waals surface area (Å²) in [6.45, 7) is 5.05. The van der Waals surface area contributed by atoms with Crippen molar-refractivity contribution in [1.29, 1.82) is 0 Å². The second-order valence-electron chi connectivity index (χ2n) is 9.40. The van der Waals surface area contributed by atoms with Gasteiger partial charge < -0.3 is 19.8 Å². The summed E-state index contributed by atoms with van der Waals surface area (Å²) in [5.41, 5.74) is 3.85. The van der Waals surface area contributed by atoms with Crippen molar-refractivity contribution in [3.8, 4) is 11.5 Å². The quantitative estimate of drug-likeness (QED) is 0.159. The third-order valence-corrected chi connectivity index (χ3v) is 6.59. The first-order valence-corrected chi connectivity index (χ1v) is 13.5. The highest BCUT2D eigenvalue weighted by Gasteiger charge is 2.12. The van der Waals surface area contributed by atoms with E-state index in [1.165, 1.54) is 41.3 Å². The van der Waals surface area contributed by atoms with Crippen LogP contribution in [0.25, 0.3) is 10.9 Å². The second-order valence-corrected chi connectivity index (χ2v) is 9.40. The van der Waals surface area contributed by atoms with Gasteiger partial charge in [0.1, 0.15) is 17.6 Å². The van der Waals surface area contributed by atoms with Gasteiger partial charge in [-0.3, -0.25) is 0 Å². The molecule has 0 spiro atoms. The van der Waals surface area contributed by atoms with Gasteiger partial charge in [-0.05, 0) is 80.2 Å². The molecule has 1 atom stereocenters. The number of fused-ring (bicyclic) bond motifs is 1. The van der Waals surface area contributed by atoms with E-state index in [0.717, 1.165) is 56.9 Å². The van der Waals surface area contributed by atoms with Crippen molar-refractivity contribution in [1.82, 2.24) is 10.3 Å². The lowest BCUT2D eigenvalue weighted by atomic mass is 10.1. The molecule has 0 radical (unpaired) electrons. The predicted molar refractivity (Wildman–Crippen MR) is 150 cm³/mol. The Labute approximate surface area is 216 Å². The van der Waals surface area contributed by atoms with Crippen molar-refractivity contribution in [2.24, 2.45) is 0 Å². The van der Waals surface area contributed by atoms with E-state index in [1.54, 1.807) is 0 Å². The number of hydrogen-bond acceptors (Lipinski definition) is 3. The fourth-order valence-corrected chi connectivity index (χ4v) is 4.58. The van der Waals surface area contributed by atoms with E-state index < -0.39 is 0 Å². The second kappa shape index (κ2) is 14.4. The summed E-state index contributed by atoms with van der Waals surface area (Å²) in [5, 5.41) is 4.93. The summed E-state index contributed by atoms with van der Waals surface area (Å²) < 4.78 is 12.2. The first-order valence-electron chi connectivity index (χ1n) is 13.5. The smallest absolute Gasteiger partial charge is 0.124 e. The maximum absolute atomic E-state index is 6.27. The SMILES string of the molecule is CCCC(Oc1ccc(OCCCCCCNCCc2c[nH]c3ccccc23)cc1)c1ccccc1. The van der Waals surface area contributed by atoms with Crippen LogP contribution in [0.5, 0.6) is 11.5 Å². The molecule has 0 saturated heterocycles. The van der Waals surface area contributed by atoms with Gasteiger partial charge in [0.05, 0.1) is 6.61 Å². The average molecular weight is 485 g/mol. The van der Waals surface area contributed by atoms with Gasteiger partial charge >= 0.3 is 0 Å². The van der Waals surface area contributed by atoms with Crippen LogP contribution in [-0.2, 0) is 6.42 Å². The minimum absolute atomic E-state index is 0.0889. The average Bonchev–Trinajstić information content (AvgIpc) is 3.34. The number of aromatic nitrogens is 1. The Morgan fingerprint density at radius 1 is 0.778 bits per heavy atom. The van der Waals surface area contributed by atoms with E-state index in [2.05, 4.69) is 72.0 Å². The largest absolute Gasteiger partial charge is 0.494 e. The lowest BCUT2D eigenvalue weighted by Gasteiger charge is -2.19. The van der Waals surface area contributed by atoms with E-state index in [-0.39, 0.29) is 6.10 Å². The first-order chi connectivity index (χ1) is 17.8. The predicted octanol–water partition coefficient (Wildman–Crippen LogP) is 7.86. The molecule has 1 aromatic heterocycles. The molecule has 4 rings (SSSR count). The fraction of sp³-hybridized carbons (Fsp3) is 0.375. The van der Waals surface area contributed by atoms with Gasteiger partial charge in [0.2, 0.25) is 0 Å². The summed E-state index contributed by atoms with van der Waals surface area (Å²) >= 11 is 0. The minimum atomic E-state index is 0.0889. The third kappa shape index (κ3) is 7.89. The molecule has 0 saturated carbocycles. The van der Waals surface area contributed by atoms with Gasteiger partial charge in [-0.15, -0.1) is 0 Å². The lowest BCUT2D eigenvalue weighted by Crippen LogP contribution is -2.18. The first kappa shape index (κ1) is 25.8. The number of hydrogen-bond donors (Lipinski definition) is 2. The van der Waals surface area contributed by atoms with Gasteiger partial charge in [0, 0.05) is 17.1 Å². The van der Waals surface area contributed by atoms with Gasteiger partial charge in [0.25, 0.3) is 0 Å². The Morgan fingerprint density at radius 3 is 2.36 bits per heavy atom. The molecule has 4 nitrogen and oxygen atoms in total. The highest BCUT2D eigenvalue weighted by Crippen LogP contribution is 2.27. The van der Waals surface area contributed by atoms with Crippen molar-refractivity contribution in [3.05, 3.63) is 96.2 Å². The van der Waals surface area contributed by atoms with Crippen LogP contribution in [0.1, 0.15) is 62.7 Å². The van der Waals surface area contributed by atoms with E-state index in [9.17, 15) is 0 Å².